The summed E-state index contributed by atoms with van der Waals surface area (Å²) < 4.78 is 0. The predicted octanol–water partition coefficient (Wildman–Crippen LogP) is 2.29. The lowest BCUT2D eigenvalue weighted by Gasteiger charge is -2.15. The van der Waals surface area contributed by atoms with Gasteiger partial charge in [0.1, 0.15) is 0 Å². The summed E-state index contributed by atoms with van der Waals surface area (Å²) >= 11 is 0. The van der Waals surface area contributed by atoms with E-state index in [4.69, 9.17) is 4.84 Å². The van der Waals surface area contributed by atoms with E-state index in [-0.39, 0.29) is 11.5 Å². The first-order valence-corrected chi connectivity index (χ1v) is 6.03. The van der Waals surface area contributed by atoms with E-state index in [0.717, 1.165) is 5.56 Å². The largest absolute Gasteiger partial charge is 0.504 e. The van der Waals surface area contributed by atoms with E-state index >= 15 is 0 Å². The molecule has 1 N–H and O–H groups in total. The third kappa shape index (κ3) is 1.80. The van der Waals surface area contributed by atoms with Crippen molar-refractivity contribution in [2.24, 2.45) is 0 Å². The number of phenolic OH excluding ortho intramolecular Hbond substituents is 1. The Morgan fingerprint density at radius 1 is 1.00 bits per heavy atom. The van der Waals surface area contributed by atoms with E-state index in [2.05, 4.69) is 0 Å². The fourth-order valence-electron chi connectivity index (χ4n) is 2.04. The van der Waals surface area contributed by atoms with Crippen molar-refractivity contribution in [1.29, 1.82) is 0 Å². The lowest BCUT2D eigenvalue weighted by atomic mass is 10.1. The van der Waals surface area contributed by atoms with Crippen LogP contribution in [0.1, 0.15) is 26.3 Å². The normalized spacial score (nSPS) is 13.6. The predicted molar refractivity (Wildman–Crippen MR) is 70.4 cm³/mol. The number of carbonyl (C=O) groups excluding carboxylic acids is 2. The monoisotopic (exact) mass is 269 g/mol. The molecule has 20 heavy (non-hydrogen) atoms. The number of phenols is 1. The molecule has 1 heterocycles. The second-order valence-corrected chi connectivity index (χ2v) is 4.51. The highest BCUT2D eigenvalue weighted by molar-refractivity contribution is 6.20. The maximum Gasteiger partial charge on any atom is 0.295 e. The van der Waals surface area contributed by atoms with Crippen LogP contribution in [0.4, 0.5) is 0 Å². The van der Waals surface area contributed by atoms with E-state index < -0.39 is 11.8 Å². The summed E-state index contributed by atoms with van der Waals surface area (Å²) in [5.74, 6) is -1.13. The standard InChI is InChI=1S/C15H11NO4/c1-9-6-7-12(17)13(8-9)20-16-14(18)10-4-2-3-5-11(10)15(16)19/h2-8,17H,1H3. The second-order valence-electron chi connectivity index (χ2n) is 4.51. The first kappa shape index (κ1) is 12.2. The van der Waals surface area contributed by atoms with Crippen LogP contribution in [-0.4, -0.2) is 22.0 Å². The number of aryl methyl sites for hydroxylation is 1. The highest BCUT2D eigenvalue weighted by atomic mass is 16.7. The molecule has 3 rings (SSSR count). The van der Waals surface area contributed by atoms with Crippen molar-refractivity contribution in [3.63, 3.8) is 0 Å². The van der Waals surface area contributed by atoms with Gasteiger partial charge in [0.05, 0.1) is 11.1 Å². The van der Waals surface area contributed by atoms with Crippen molar-refractivity contribution < 1.29 is 19.5 Å². The summed E-state index contributed by atoms with van der Waals surface area (Å²) in [6, 6.07) is 11.2. The molecule has 0 fully saturated rings. The molecule has 0 aliphatic carbocycles. The number of amides is 2. The number of aromatic hydroxyl groups is 1. The maximum absolute atomic E-state index is 12.1. The van der Waals surface area contributed by atoms with Crippen molar-refractivity contribution in [3.8, 4) is 11.5 Å². The van der Waals surface area contributed by atoms with Gasteiger partial charge in [0.2, 0.25) is 0 Å². The minimum absolute atomic E-state index is 0.0690. The van der Waals surface area contributed by atoms with Gasteiger partial charge in [-0.15, -0.1) is 0 Å². The van der Waals surface area contributed by atoms with Crippen molar-refractivity contribution in [2.75, 3.05) is 0 Å². The molecule has 0 atom stereocenters. The molecule has 2 amide bonds. The molecule has 1 aliphatic rings. The molecule has 0 bridgehead atoms. The number of hydrogen-bond acceptors (Lipinski definition) is 4. The molecule has 0 saturated carbocycles. The van der Waals surface area contributed by atoms with Gasteiger partial charge in [-0.05, 0) is 36.8 Å². The molecule has 5 heteroatoms. The van der Waals surface area contributed by atoms with Crippen molar-refractivity contribution in [3.05, 3.63) is 59.2 Å². The minimum atomic E-state index is -0.536. The van der Waals surface area contributed by atoms with Gasteiger partial charge in [0.25, 0.3) is 11.8 Å². The van der Waals surface area contributed by atoms with E-state index in [1.165, 1.54) is 6.07 Å². The fraction of sp³-hybridized carbons (Fsp3) is 0.0667. The smallest absolute Gasteiger partial charge is 0.295 e. The number of fused-ring (bicyclic) bond motifs is 1. The highest BCUT2D eigenvalue weighted by Crippen LogP contribution is 2.30. The molecule has 0 aromatic heterocycles. The quantitative estimate of drug-likeness (QED) is 0.849. The zero-order valence-electron chi connectivity index (χ0n) is 10.7. The number of hydroxylamine groups is 2. The number of imide groups is 1. The molecule has 100 valence electrons. The Morgan fingerprint density at radius 2 is 1.60 bits per heavy atom. The molecular weight excluding hydrogens is 258 g/mol. The van der Waals surface area contributed by atoms with Gasteiger partial charge in [-0.2, -0.15) is 0 Å². The Bertz CT molecular complexity index is 689. The summed E-state index contributed by atoms with van der Waals surface area (Å²) in [5.41, 5.74) is 1.43. The Hall–Kier alpha value is -2.82. The van der Waals surface area contributed by atoms with E-state index in [1.807, 2.05) is 6.92 Å². The van der Waals surface area contributed by atoms with Gasteiger partial charge < -0.3 is 9.94 Å². The number of benzene rings is 2. The lowest BCUT2D eigenvalue weighted by molar-refractivity contribution is -0.0152. The maximum atomic E-state index is 12.1. The summed E-state index contributed by atoms with van der Waals surface area (Å²) in [6.45, 7) is 1.81. The van der Waals surface area contributed by atoms with E-state index in [0.29, 0.717) is 16.2 Å². The molecule has 2 aromatic rings. The van der Waals surface area contributed by atoms with Gasteiger partial charge in [0.15, 0.2) is 11.5 Å². The van der Waals surface area contributed by atoms with Gasteiger partial charge in [0, 0.05) is 0 Å². The van der Waals surface area contributed by atoms with Crippen LogP contribution in [0.2, 0.25) is 0 Å². The number of carbonyl (C=O) groups is 2. The average Bonchev–Trinajstić information content (AvgIpc) is 2.68. The van der Waals surface area contributed by atoms with Gasteiger partial charge in [-0.25, -0.2) is 0 Å². The molecule has 1 aliphatic heterocycles. The Balaban J connectivity index is 1.96. The summed E-state index contributed by atoms with van der Waals surface area (Å²) in [4.78, 5) is 29.5. The van der Waals surface area contributed by atoms with Crippen LogP contribution >= 0.6 is 0 Å². The molecule has 0 radical (unpaired) electrons. The van der Waals surface area contributed by atoms with Crippen LogP contribution < -0.4 is 4.84 Å². The van der Waals surface area contributed by atoms with Gasteiger partial charge in [-0.1, -0.05) is 23.3 Å². The number of nitrogens with zero attached hydrogens (tertiary/aromatic N) is 1. The third-order valence-corrected chi connectivity index (χ3v) is 3.06. The summed E-state index contributed by atoms with van der Waals surface area (Å²) in [5, 5.41) is 10.4. The zero-order chi connectivity index (χ0) is 14.3. The molecule has 0 spiro atoms. The first-order valence-electron chi connectivity index (χ1n) is 6.03. The fourth-order valence-corrected chi connectivity index (χ4v) is 2.04. The Morgan fingerprint density at radius 3 is 2.20 bits per heavy atom. The van der Waals surface area contributed by atoms with E-state index in [1.54, 1.807) is 36.4 Å². The third-order valence-electron chi connectivity index (χ3n) is 3.06. The summed E-state index contributed by atoms with van der Waals surface area (Å²) in [6.07, 6.45) is 0. The van der Waals surface area contributed by atoms with Crippen LogP contribution in [0, 0.1) is 6.92 Å². The molecule has 0 unspecified atom stereocenters. The van der Waals surface area contributed by atoms with Crippen LogP contribution in [0.15, 0.2) is 42.5 Å². The summed E-state index contributed by atoms with van der Waals surface area (Å²) in [7, 11) is 0. The van der Waals surface area contributed by atoms with Gasteiger partial charge >= 0.3 is 0 Å². The molecular formula is C15H11NO4. The number of rotatable bonds is 2. The molecule has 0 saturated heterocycles. The van der Waals surface area contributed by atoms with Crippen LogP contribution in [0.5, 0.6) is 11.5 Å². The van der Waals surface area contributed by atoms with Crippen LogP contribution in [-0.2, 0) is 0 Å². The van der Waals surface area contributed by atoms with Crippen LogP contribution in [0.25, 0.3) is 0 Å². The lowest BCUT2D eigenvalue weighted by Crippen LogP contribution is -2.33. The average molecular weight is 269 g/mol. The second kappa shape index (κ2) is 4.38. The SMILES string of the molecule is Cc1ccc(O)c(ON2C(=O)c3ccccc3C2=O)c1. The Kier molecular flexibility index (Phi) is 2.68. The topological polar surface area (TPSA) is 66.8 Å². The Labute approximate surface area is 115 Å². The number of hydrogen-bond donors (Lipinski definition) is 1. The van der Waals surface area contributed by atoms with Gasteiger partial charge in [-0.3, -0.25) is 9.59 Å². The van der Waals surface area contributed by atoms with Crippen molar-refractivity contribution in [1.82, 2.24) is 5.06 Å². The van der Waals surface area contributed by atoms with E-state index in [9.17, 15) is 14.7 Å². The molecule has 2 aromatic carbocycles. The molecule has 5 nitrogen and oxygen atoms in total. The van der Waals surface area contributed by atoms with Crippen molar-refractivity contribution in [2.45, 2.75) is 6.92 Å². The minimum Gasteiger partial charge on any atom is -0.504 e. The zero-order valence-corrected chi connectivity index (χ0v) is 10.7. The van der Waals surface area contributed by atoms with Crippen molar-refractivity contribution >= 4 is 11.8 Å². The highest BCUT2D eigenvalue weighted by Gasteiger charge is 2.37. The van der Waals surface area contributed by atoms with Crippen LogP contribution in [0.3, 0.4) is 0 Å². The first-order chi connectivity index (χ1) is 9.58.